The second-order valence-corrected chi connectivity index (χ2v) is 10.3. The molecule has 34 heavy (non-hydrogen) atoms. The van der Waals surface area contributed by atoms with E-state index >= 15 is 0 Å². The molecule has 1 aliphatic heterocycles. The molecule has 0 radical (unpaired) electrons. The van der Waals surface area contributed by atoms with Gasteiger partial charge in [-0.25, -0.2) is 4.98 Å². The summed E-state index contributed by atoms with van der Waals surface area (Å²) in [5, 5.41) is 0. The van der Waals surface area contributed by atoms with Crippen molar-refractivity contribution in [2.45, 2.75) is 66.0 Å². The number of aryl methyl sites for hydroxylation is 2. The first kappa shape index (κ1) is 23.9. The van der Waals surface area contributed by atoms with Crippen molar-refractivity contribution in [3.63, 3.8) is 0 Å². The van der Waals surface area contributed by atoms with Gasteiger partial charge >= 0.3 is 0 Å². The lowest BCUT2D eigenvalue weighted by molar-refractivity contribution is 0.0649. The molecular formula is C28H35N3O3. The quantitative estimate of drug-likeness (QED) is 0.495. The maximum absolute atomic E-state index is 13.6. The number of rotatable bonds is 5. The summed E-state index contributed by atoms with van der Waals surface area (Å²) in [5.74, 6) is 2.11. The van der Waals surface area contributed by atoms with Gasteiger partial charge in [-0.1, -0.05) is 29.8 Å². The van der Waals surface area contributed by atoms with Crippen LogP contribution in [0.15, 0.2) is 36.4 Å². The molecule has 180 valence electrons. The highest BCUT2D eigenvalue weighted by Crippen LogP contribution is 2.40. The second kappa shape index (κ2) is 8.82. The number of fused-ring (bicyclic) bond motifs is 3. The molecule has 0 saturated heterocycles. The molecular weight excluding hydrogens is 426 g/mol. The van der Waals surface area contributed by atoms with Crippen LogP contribution >= 0.6 is 0 Å². The summed E-state index contributed by atoms with van der Waals surface area (Å²) in [6.07, 6.45) is 1.52. The highest BCUT2D eigenvalue weighted by atomic mass is 16.5. The normalized spacial score (nSPS) is 12.9. The minimum Gasteiger partial charge on any atom is -0.493 e. The maximum atomic E-state index is 13.6. The van der Waals surface area contributed by atoms with Gasteiger partial charge < -0.3 is 14.4 Å². The van der Waals surface area contributed by atoms with E-state index in [0.29, 0.717) is 11.4 Å². The summed E-state index contributed by atoms with van der Waals surface area (Å²) in [7, 11) is 3.51. The van der Waals surface area contributed by atoms with Crippen LogP contribution in [0.5, 0.6) is 11.5 Å². The molecule has 0 N–H and O–H groups in total. The molecule has 0 saturated carbocycles. The topological polar surface area (TPSA) is 56.6 Å². The maximum Gasteiger partial charge on any atom is 0.274 e. The highest BCUT2D eigenvalue weighted by molar-refractivity contribution is 5.95. The Balaban J connectivity index is 1.96. The molecule has 6 heteroatoms. The van der Waals surface area contributed by atoms with Gasteiger partial charge in [0, 0.05) is 24.2 Å². The number of carbonyl (C=O) groups is 1. The molecule has 0 unspecified atom stereocenters. The summed E-state index contributed by atoms with van der Waals surface area (Å²) in [5.41, 5.74) is 5.42. The van der Waals surface area contributed by atoms with Gasteiger partial charge in [0.15, 0.2) is 17.2 Å². The number of benzene rings is 2. The number of ether oxygens (including phenoxy) is 2. The standard InChI is InChI=1S/C28H35N3O3/c1-17(2)34-24-16-22-20(15-23(24)33-8)13-14-21-25(27(32)30(7)28(4,5)6)29-26(31(21)22)19-11-9-18(3)10-12-19/h9-12,15-17H,13-14H2,1-8H3. The van der Waals surface area contributed by atoms with E-state index < -0.39 is 0 Å². The van der Waals surface area contributed by atoms with E-state index in [1.165, 1.54) is 5.56 Å². The first-order valence-electron chi connectivity index (χ1n) is 11.9. The first-order valence-corrected chi connectivity index (χ1v) is 11.9. The van der Waals surface area contributed by atoms with Gasteiger partial charge in [0.25, 0.3) is 5.91 Å². The number of methoxy groups -OCH3 is 1. The number of carbonyl (C=O) groups excluding carboxylic acids is 1. The van der Waals surface area contributed by atoms with Gasteiger partial charge in [-0.2, -0.15) is 0 Å². The number of hydrogen-bond donors (Lipinski definition) is 0. The number of imidazole rings is 1. The van der Waals surface area contributed by atoms with Crippen molar-refractivity contribution in [3.8, 4) is 28.6 Å². The fourth-order valence-electron chi connectivity index (χ4n) is 4.23. The smallest absolute Gasteiger partial charge is 0.274 e. The summed E-state index contributed by atoms with van der Waals surface area (Å²) < 4.78 is 13.9. The van der Waals surface area contributed by atoms with Crippen molar-refractivity contribution in [1.29, 1.82) is 0 Å². The zero-order chi connectivity index (χ0) is 24.8. The molecule has 4 rings (SSSR count). The molecule has 0 aliphatic carbocycles. The number of hydrogen-bond acceptors (Lipinski definition) is 4. The lowest BCUT2D eigenvalue weighted by Crippen LogP contribution is -2.43. The molecule has 1 aromatic heterocycles. The summed E-state index contributed by atoms with van der Waals surface area (Å²) >= 11 is 0. The molecule has 6 nitrogen and oxygen atoms in total. The average Bonchev–Trinajstić information content (AvgIpc) is 3.17. The van der Waals surface area contributed by atoms with Crippen LogP contribution in [0, 0.1) is 6.92 Å². The molecule has 1 aliphatic rings. The van der Waals surface area contributed by atoms with Crippen LogP contribution in [-0.4, -0.2) is 46.2 Å². The van der Waals surface area contributed by atoms with Crippen LogP contribution < -0.4 is 9.47 Å². The Kier molecular flexibility index (Phi) is 6.19. The fraction of sp³-hybridized carbons (Fsp3) is 0.429. The number of amides is 1. The molecule has 1 amide bonds. The van der Waals surface area contributed by atoms with Crippen LogP contribution in [0.25, 0.3) is 17.1 Å². The Bertz CT molecular complexity index is 1220. The van der Waals surface area contributed by atoms with Crippen LogP contribution in [0.1, 0.15) is 61.9 Å². The van der Waals surface area contributed by atoms with Gasteiger partial charge in [-0.05, 0) is 66.0 Å². The summed E-state index contributed by atoms with van der Waals surface area (Å²) in [6.45, 7) is 12.2. The van der Waals surface area contributed by atoms with E-state index in [2.05, 4.69) is 41.8 Å². The van der Waals surface area contributed by atoms with E-state index in [4.69, 9.17) is 14.5 Å². The third-order valence-electron chi connectivity index (χ3n) is 6.40. The third kappa shape index (κ3) is 4.29. The number of nitrogens with zero attached hydrogens (tertiary/aromatic N) is 3. The lowest BCUT2D eigenvalue weighted by atomic mass is 9.98. The SMILES string of the molecule is COc1cc2c(cc1OC(C)C)-n1c(-c3ccc(C)cc3)nc(C(=O)N(C)C(C)(C)C)c1CC2. The Morgan fingerprint density at radius 3 is 2.35 bits per heavy atom. The average molecular weight is 462 g/mol. The van der Waals surface area contributed by atoms with Crippen molar-refractivity contribution in [1.82, 2.24) is 14.5 Å². The molecule has 2 aromatic carbocycles. The van der Waals surface area contributed by atoms with Crippen LogP contribution in [0.3, 0.4) is 0 Å². The van der Waals surface area contributed by atoms with E-state index in [1.807, 2.05) is 47.7 Å². The van der Waals surface area contributed by atoms with Crippen molar-refractivity contribution < 1.29 is 14.3 Å². The summed E-state index contributed by atoms with van der Waals surface area (Å²) in [6, 6.07) is 12.4. The zero-order valence-corrected chi connectivity index (χ0v) is 21.5. The van der Waals surface area contributed by atoms with E-state index in [0.717, 1.165) is 46.9 Å². The molecule has 2 heterocycles. The van der Waals surface area contributed by atoms with Gasteiger partial charge in [0.1, 0.15) is 5.82 Å². The lowest BCUT2D eigenvalue weighted by Gasteiger charge is -2.32. The largest absolute Gasteiger partial charge is 0.493 e. The van der Waals surface area contributed by atoms with E-state index in [1.54, 1.807) is 12.0 Å². The van der Waals surface area contributed by atoms with Crippen LogP contribution in [0.4, 0.5) is 0 Å². The minimum atomic E-state index is -0.310. The second-order valence-electron chi connectivity index (χ2n) is 10.3. The molecule has 0 bridgehead atoms. The van der Waals surface area contributed by atoms with Crippen LogP contribution in [-0.2, 0) is 12.8 Å². The molecule has 0 spiro atoms. The van der Waals surface area contributed by atoms with E-state index in [9.17, 15) is 4.79 Å². The van der Waals surface area contributed by atoms with Crippen molar-refractivity contribution in [2.75, 3.05) is 14.2 Å². The Hall–Kier alpha value is -3.28. The monoisotopic (exact) mass is 461 g/mol. The van der Waals surface area contributed by atoms with Crippen molar-refractivity contribution in [2.24, 2.45) is 0 Å². The predicted molar refractivity (Wildman–Crippen MR) is 135 cm³/mol. The zero-order valence-electron chi connectivity index (χ0n) is 21.5. The van der Waals surface area contributed by atoms with E-state index in [-0.39, 0.29) is 17.6 Å². The minimum absolute atomic E-state index is 0.00643. The van der Waals surface area contributed by atoms with Crippen LogP contribution in [0.2, 0.25) is 0 Å². The Morgan fingerprint density at radius 2 is 1.76 bits per heavy atom. The molecule has 0 atom stereocenters. The fourth-order valence-corrected chi connectivity index (χ4v) is 4.23. The van der Waals surface area contributed by atoms with Gasteiger partial charge in [0.05, 0.1) is 24.6 Å². The number of aromatic nitrogens is 2. The summed E-state index contributed by atoms with van der Waals surface area (Å²) in [4.78, 5) is 20.3. The van der Waals surface area contributed by atoms with Crippen molar-refractivity contribution in [3.05, 3.63) is 58.9 Å². The van der Waals surface area contributed by atoms with Gasteiger partial charge in [-0.15, -0.1) is 0 Å². The third-order valence-corrected chi connectivity index (χ3v) is 6.40. The predicted octanol–water partition coefficient (Wildman–Crippen LogP) is 5.61. The highest BCUT2D eigenvalue weighted by Gasteiger charge is 2.33. The Labute approximate surface area is 202 Å². The van der Waals surface area contributed by atoms with Crippen molar-refractivity contribution >= 4 is 5.91 Å². The first-order chi connectivity index (χ1) is 16.0. The molecule has 3 aromatic rings. The van der Waals surface area contributed by atoms with Gasteiger partial charge in [0.2, 0.25) is 0 Å². The molecule has 0 fully saturated rings. The van der Waals surface area contributed by atoms with Gasteiger partial charge in [-0.3, -0.25) is 9.36 Å². The Morgan fingerprint density at radius 1 is 1.09 bits per heavy atom.